The highest BCUT2D eigenvalue weighted by Crippen LogP contribution is 2.41. The highest BCUT2D eigenvalue weighted by atomic mass is 32.2. The summed E-state index contributed by atoms with van der Waals surface area (Å²) in [6.07, 6.45) is 2.35. The molecule has 0 aliphatic carbocycles. The number of nitrogens with zero attached hydrogens (tertiary/aromatic N) is 1. The van der Waals surface area contributed by atoms with Crippen LogP contribution in [0.4, 0.5) is 0 Å². The van der Waals surface area contributed by atoms with E-state index in [1.54, 1.807) is 0 Å². The van der Waals surface area contributed by atoms with Gasteiger partial charge in [0.25, 0.3) is 0 Å². The molecule has 1 unspecified atom stereocenters. The first kappa shape index (κ1) is 9.14. The van der Waals surface area contributed by atoms with Gasteiger partial charge in [0.2, 0.25) is 0 Å². The van der Waals surface area contributed by atoms with Crippen LogP contribution in [0.3, 0.4) is 0 Å². The van der Waals surface area contributed by atoms with Crippen LogP contribution >= 0.6 is 11.9 Å². The minimum absolute atomic E-state index is 0.323. The predicted octanol–water partition coefficient (Wildman–Crippen LogP) is 2.90. The van der Waals surface area contributed by atoms with E-state index in [1.165, 1.54) is 4.91 Å². The van der Waals surface area contributed by atoms with Gasteiger partial charge >= 0.3 is 0 Å². The van der Waals surface area contributed by atoms with E-state index < -0.39 is 0 Å². The van der Waals surface area contributed by atoms with Crippen molar-refractivity contribution in [2.24, 2.45) is 5.41 Å². The molecule has 1 aliphatic rings. The van der Waals surface area contributed by atoms with Crippen molar-refractivity contribution in [3.05, 3.63) is 11.0 Å². The monoisotopic (exact) mass is 171 g/mol. The molecule has 0 saturated carbocycles. The lowest BCUT2D eigenvalue weighted by atomic mass is 9.95. The fraction of sp³-hybridized carbons (Fsp3) is 0.778. The molecule has 0 fully saturated rings. The topological polar surface area (TPSA) is 3.24 Å². The van der Waals surface area contributed by atoms with Gasteiger partial charge in [-0.25, -0.2) is 4.31 Å². The van der Waals surface area contributed by atoms with E-state index in [0.717, 1.165) is 0 Å². The maximum atomic E-state index is 2.35. The highest BCUT2D eigenvalue weighted by molar-refractivity contribution is 8.01. The number of hydrogen-bond donors (Lipinski definition) is 0. The average molecular weight is 171 g/mol. The molecule has 0 aromatic heterocycles. The lowest BCUT2D eigenvalue weighted by Crippen LogP contribution is -2.14. The molecule has 1 heterocycles. The molecule has 0 bridgehead atoms. The van der Waals surface area contributed by atoms with Crippen LogP contribution in [0.25, 0.3) is 0 Å². The number of hydrogen-bond acceptors (Lipinski definition) is 2. The average Bonchev–Trinajstić information content (AvgIpc) is 2.11. The Kier molecular flexibility index (Phi) is 2.35. The smallest absolute Gasteiger partial charge is 0.0365 e. The summed E-state index contributed by atoms with van der Waals surface area (Å²) in [6, 6.07) is 0.592. The Bertz CT molecular complexity index is 178. The lowest BCUT2D eigenvalue weighted by Gasteiger charge is -2.20. The van der Waals surface area contributed by atoms with Crippen LogP contribution in [0, 0.1) is 5.41 Å². The zero-order chi connectivity index (χ0) is 8.65. The highest BCUT2D eigenvalue weighted by Gasteiger charge is 2.26. The molecule has 0 radical (unpaired) electrons. The Hall–Kier alpha value is 0.0500. The van der Waals surface area contributed by atoms with Gasteiger partial charge in [-0.3, -0.25) is 0 Å². The van der Waals surface area contributed by atoms with Crippen molar-refractivity contribution in [3.63, 3.8) is 0 Å². The van der Waals surface area contributed by atoms with Crippen LogP contribution in [0.5, 0.6) is 0 Å². The van der Waals surface area contributed by atoms with Gasteiger partial charge in [0.1, 0.15) is 0 Å². The van der Waals surface area contributed by atoms with Gasteiger partial charge < -0.3 is 0 Å². The van der Waals surface area contributed by atoms with Crippen LogP contribution in [0.1, 0.15) is 27.7 Å². The van der Waals surface area contributed by atoms with Crippen LogP contribution in [0.2, 0.25) is 0 Å². The summed E-state index contributed by atoms with van der Waals surface area (Å²) < 4.78 is 2.29. The Morgan fingerprint density at radius 3 is 2.18 bits per heavy atom. The maximum absolute atomic E-state index is 2.35. The van der Waals surface area contributed by atoms with Gasteiger partial charge in [0, 0.05) is 10.9 Å². The quantitative estimate of drug-likeness (QED) is 0.516. The van der Waals surface area contributed by atoms with Crippen molar-refractivity contribution >= 4 is 11.9 Å². The van der Waals surface area contributed by atoms with Gasteiger partial charge in [-0.05, 0) is 31.3 Å². The third-order valence-electron chi connectivity index (χ3n) is 1.95. The standard InChI is InChI=1S/C9H17NS/c1-7-6-8(9(2,3)4)11-10(7)5/h6-7H,1-5H3. The maximum Gasteiger partial charge on any atom is 0.0365 e. The predicted molar refractivity (Wildman–Crippen MR) is 52.4 cm³/mol. The molecular weight excluding hydrogens is 154 g/mol. The molecule has 0 aromatic rings. The molecule has 0 saturated heterocycles. The molecule has 1 atom stereocenters. The molecule has 1 rings (SSSR count). The summed E-state index contributed by atoms with van der Waals surface area (Å²) in [4.78, 5) is 1.49. The van der Waals surface area contributed by atoms with Crippen LogP contribution in [-0.4, -0.2) is 17.4 Å². The second-order valence-electron chi connectivity index (χ2n) is 4.16. The van der Waals surface area contributed by atoms with Gasteiger partial charge in [-0.2, -0.15) is 0 Å². The Balaban J connectivity index is 2.71. The van der Waals surface area contributed by atoms with Crippen molar-refractivity contribution < 1.29 is 0 Å². The van der Waals surface area contributed by atoms with E-state index in [-0.39, 0.29) is 0 Å². The van der Waals surface area contributed by atoms with Gasteiger partial charge in [-0.1, -0.05) is 26.8 Å². The number of allylic oxidation sites excluding steroid dienone is 1. The summed E-state index contributed by atoms with van der Waals surface area (Å²) in [5.41, 5.74) is 0.323. The minimum atomic E-state index is 0.323. The molecule has 2 heteroatoms. The van der Waals surface area contributed by atoms with Gasteiger partial charge in [-0.15, -0.1) is 0 Å². The van der Waals surface area contributed by atoms with Gasteiger partial charge in [0.05, 0.1) is 0 Å². The normalized spacial score (nSPS) is 27.4. The molecule has 0 aromatic carbocycles. The van der Waals surface area contributed by atoms with Crippen molar-refractivity contribution in [1.82, 2.24) is 4.31 Å². The molecule has 0 amide bonds. The van der Waals surface area contributed by atoms with E-state index >= 15 is 0 Å². The Morgan fingerprint density at radius 2 is 2.00 bits per heavy atom. The largest absolute Gasteiger partial charge is 0.243 e. The summed E-state index contributed by atoms with van der Waals surface area (Å²) in [6.45, 7) is 9.01. The van der Waals surface area contributed by atoms with Crippen LogP contribution in [-0.2, 0) is 0 Å². The second-order valence-corrected chi connectivity index (χ2v) is 5.36. The second kappa shape index (κ2) is 2.83. The van der Waals surface area contributed by atoms with Crippen LogP contribution < -0.4 is 0 Å². The first-order chi connectivity index (χ1) is 4.91. The fourth-order valence-electron chi connectivity index (χ4n) is 0.980. The molecule has 0 N–H and O–H groups in total. The van der Waals surface area contributed by atoms with E-state index in [2.05, 4.69) is 45.1 Å². The molecule has 1 nitrogen and oxygen atoms in total. The first-order valence-corrected chi connectivity index (χ1v) is 4.81. The SMILES string of the molecule is CC1C=C(C(C)(C)C)SN1C. The molecular formula is C9H17NS. The molecule has 1 aliphatic heterocycles. The third kappa shape index (κ3) is 2.00. The molecule has 0 spiro atoms. The fourth-order valence-corrected chi connectivity index (χ4v) is 2.05. The zero-order valence-electron chi connectivity index (χ0n) is 8.01. The van der Waals surface area contributed by atoms with Crippen molar-refractivity contribution in [3.8, 4) is 0 Å². The Labute approximate surface area is 74.0 Å². The Morgan fingerprint density at radius 1 is 1.45 bits per heavy atom. The third-order valence-corrected chi connectivity index (χ3v) is 3.51. The molecule has 64 valence electrons. The number of rotatable bonds is 0. The number of likely N-dealkylation sites (N-methyl/N-ethyl adjacent to an activating group) is 1. The van der Waals surface area contributed by atoms with Crippen LogP contribution in [0.15, 0.2) is 11.0 Å². The van der Waals surface area contributed by atoms with E-state index in [1.807, 2.05) is 11.9 Å². The van der Waals surface area contributed by atoms with Gasteiger partial charge in [0.15, 0.2) is 0 Å². The first-order valence-electron chi connectivity index (χ1n) is 4.04. The lowest BCUT2D eigenvalue weighted by molar-refractivity contribution is 0.519. The van der Waals surface area contributed by atoms with E-state index in [9.17, 15) is 0 Å². The summed E-state index contributed by atoms with van der Waals surface area (Å²) in [5.74, 6) is 0. The summed E-state index contributed by atoms with van der Waals surface area (Å²) in [7, 11) is 2.14. The summed E-state index contributed by atoms with van der Waals surface area (Å²) in [5, 5.41) is 0. The van der Waals surface area contributed by atoms with E-state index in [0.29, 0.717) is 11.5 Å². The van der Waals surface area contributed by atoms with Crippen molar-refractivity contribution in [1.29, 1.82) is 0 Å². The van der Waals surface area contributed by atoms with E-state index in [4.69, 9.17) is 0 Å². The van der Waals surface area contributed by atoms with Crippen molar-refractivity contribution in [2.45, 2.75) is 33.7 Å². The zero-order valence-corrected chi connectivity index (χ0v) is 8.83. The van der Waals surface area contributed by atoms with Crippen molar-refractivity contribution in [2.75, 3.05) is 7.05 Å². The summed E-state index contributed by atoms with van der Waals surface area (Å²) >= 11 is 1.87. The molecule has 11 heavy (non-hydrogen) atoms. The minimum Gasteiger partial charge on any atom is -0.243 e.